The molecule has 0 bridgehead atoms. The molecule has 4 atom stereocenters. The van der Waals surface area contributed by atoms with E-state index < -0.39 is 17.8 Å². The lowest BCUT2D eigenvalue weighted by molar-refractivity contribution is 0.0425. The van der Waals surface area contributed by atoms with Crippen molar-refractivity contribution >= 4 is 23.5 Å². The number of hydrogen-bond acceptors (Lipinski definition) is 6. The molecule has 4 unspecified atom stereocenters. The van der Waals surface area contributed by atoms with E-state index in [1.165, 1.54) is 35.4 Å². The molecule has 34 heavy (non-hydrogen) atoms. The van der Waals surface area contributed by atoms with E-state index in [4.69, 9.17) is 5.73 Å². The van der Waals surface area contributed by atoms with Crippen LogP contribution in [0.15, 0.2) is 30.5 Å². The van der Waals surface area contributed by atoms with Crippen molar-refractivity contribution in [3.05, 3.63) is 41.8 Å². The summed E-state index contributed by atoms with van der Waals surface area (Å²) in [7, 11) is 3.81. The Morgan fingerprint density at radius 1 is 1.38 bits per heavy atom. The van der Waals surface area contributed by atoms with E-state index in [9.17, 15) is 24.3 Å². The van der Waals surface area contributed by atoms with Crippen LogP contribution in [0, 0.1) is 23.1 Å². The van der Waals surface area contributed by atoms with E-state index in [1.807, 2.05) is 25.9 Å². The van der Waals surface area contributed by atoms with Crippen molar-refractivity contribution in [1.82, 2.24) is 19.6 Å². The van der Waals surface area contributed by atoms with E-state index >= 15 is 0 Å². The van der Waals surface area contributed by atoms with Crippen molar-refractivity contribution in [2.45, 2.75) is 44.3 Å². The molecular weight excluding hydrogens is 441 g/mol. The SMILES string of the molecule is CC(C1CC(C(CC#N)n2cc(C(N)=O)c(Nc3ccc(F)cc3)n2)CCN1C(=O)O)N(C)C. The monoisotopic (exact) mass is 471 g/mol. The number of nitriles is 1. The molecule has 1 aliphatic rings. The molecular formula is C23H30FN7O3. The van der Waals surface area contributed by atoms with Crippen LogP contribution in [-0.2, 0) is 0 Å². The highest BCUT2D eigenvalue weighted by Crippen LogP contribution is 2.36. The fourth-order valence-corrected chi connectivity index (χ4v) is 4.49. The van der Waals surface area contributed by atoms with Gasteiger partial charge in [-0.15, -0.1) is 0 Å². The number of aromatic nitrogens is 2. The second kappa shape index (κ2) is 10.5. The first kappa shape index (κ1) is 25.0. The number of carboxylic acid groups (broad SMARTS) is 1. The summed E-state index contributed by atoms with van der Waals surface area (Å²) in [6, 6.07) is 7.13. The number of benzene rings is 1. The predicted octanol–water partition coefficient (Wildman–Crippen LogP) is 3.03. The molecule has 2 amide bonds. The number of carbonyl (C=O) groups excluding carboxylic acids is 1. The highest BCUT2D eigenvalue weighted by molar-refractivity contribution is 5.98. The zero-order valence-corrected chi connectivity index (χ0v) is 19.5. The summed E-state index contributed by atoms with van der Waals surface area (Å²) in [6.07, 6.45) is 1.79. The zero-order chi connectivity index (χ0) is 25.0. The van der Waals surface area contributed by atoms with Crippen LogP contribution in [-0.4, -0.2) is 69.4 Å². The molecule has 4 N–H and O–H groups in total. The van der Waals surface area contributed by atoms with E-state index in [-0.39, 0.29) is 41.8 Å². The molecule has 1 fully saturated rings. The fraction of sp³-hybridized carbons (Fsp3) is 0.478. The third kappa shape index (κ3) is 5.46. The second-order valence-corrected chi connectivity index (χ2v) is 8.83. The highest BCUT2D eigenvalue weighted by atomic mass is 19.1. The number of likely N-dealkylation sites (N-methyl/N-ethyl adjacent to an activating group) is 1. The third-order valence-corrected chi connectivity index (χ3v) is 6.59. The Kier molecular flexibility index (Phi) is 7.73. The average molecular weight is 472 g/mol. The molecule has 1 aliphatic heterocycles. The van der Waals surface area contributed by atoms with Gasteiger partial charge < -0.3 is 26.0 Å². The Morgan fingerprint density at radius 3 is 2.62 bits per heavy atom. The number of halogens is 1. The van der Waals surface area contributed by atoms with Gasteiger partial charge in [-0.1, -0.05) is 0 Å². The molecule has 0 saturated carbocycles. The van der Waals surface area contributed by atoms with Gasteiger partial charge in [0.05, 0.1) is 24.6 Å². The Labute approximate surface area is 197 Å². The molecule has 0 spiro atoms. The summed E-state index contributed by atoms with van der Waals surface area (Å²) in [4.78, 5) is 27.4. The number of anilines is 2. The van der Waals surface area contributed by atoms with Gasteiger partial charge in [0, 0.05) is 24.5 Å². The number of amides is 2. The van der Waals surface area contributed by atoms with Crippen molar-refractivity contribution in [1.29, 1.82) is 5.26 Å². The number of carbonyl (C=O) groups is 2. The summed E-state index contributed by atoms with van der Waals surface area (Å²) in [6.45, 7) is 2.32. The first-order valence-corrected chi connectivity index (χ1v) is 11.1. The van der Waals surface area contributed by atoms with Crippen molar-refractivity contribution in [2.24, 2.45) is 11.7 Å². The summed E-state index contributed by atoms with van der Waals surface area (Å²) in [5, 5.41) is 26.7. The van der Waals surface area contributed by atoms with Crippen LogP contribution in [0.25, 0.3) is 0 Å². The van der Waals surface area contributed by atoms with Gasteiger partial charge in [0.1, 0.15) is 11.4 Å². The molecule has 11 heteroatoms. The smallest absolute Gasteiger partial charge is 0.407 e. The van der Waals surface area contributed by atoms with E-state index in [0.717, 1.165) is 0 Å². The van der Waals surface area contributed by atoms with Gasteiger partial charge in [-0.25, -0.2) is 9.18 Å². The van der Waals surface area contributed by atoms with Gasteiger partial charge in [-0.3, -0.25) is 9.48 Å². The third-order valence-electron chi connectivity index (χ3n) is 6.59. The number of rotatable bonds is 8. The molecule has 182 valence electrons. The van der Waals surface area contributed by atoms with Gasteiger partial charge in [0.25, 0.3) is 5.91 Å². The Hall–Kier alpha value is -3.65. The molecule has 0 radical (unpaired) electrons. The quantitative estimate of drug-likeness (QED) is 0.537. The number of nitrogens with one attached hydrogen (secondary N) is 1. The van der Waals surface area contributed by atoms with Gasteiger partial charge in [-0.05, 0) is 64.0 Å². The maximum atomic E-state index is 13.3. The standard InChI is InChI=1S/C23H30FN7O3/c1-14(29(2)3)20-12-15(9-11-30(20)23(33)34)19(8-10-25)31-13-18(21(26)32)22(28-31)27-17-6-4-16(24)5-7-17/h4-7,13-15,19-20H,8-9,11-12H2,1-3H3,(H2,26,32)(H,27,28)(H,33,34). The lowest BCUT2D eigenvalue weighted by Gasteiger charge is -2.44. The van der Waals surface area contributed by atoms with Gasteiger partial charge >= 0.3 is 6.09 Å². The van der Waals surface area contributed by atoms with E-state index in [2.05, 4.69) is 16.5 Å². The maximum absolute atomic E-state index is 13.3. The van der Waals surface area contributed by atoms with Gasteiger partial charge in [-0.2, -0.15) is 10.4 Å². The minimum absolute atomic E-state index is 0.0314. The summed E-state index contributed by atoms with van der Waals surface area (Å²) < 4.78 is 14.8. The van der Waals surface area contributed by atoms with E-state index in [0.29, 0.717) is 25.1 Å². The van der Waals surface area contributed by atoms with Crippen LogP contribution in [0.2, 0.25) is 0 Å². The molecule has 1 aromatic heterocycles. The zero-order valence-electron chi connectivity index (χ0n) is 19.5. The van der Waals surface area contributed by atoms with E-state index in [1.54, 1.807) is 4.68 Å². The molecule has 0 aliphatic carbocycles. The molecule has 10 nitrogen and oxygen atoms in total. The number of piperidine rings is 1. The van der Waals surface area contributed by atoms with Crippen LogP contribution < -0.4 is 11.1 Å². The van der Waals surface area contributed by atoms with Crippen LogP contribution in [0.5, 0.6) is 0 Å². The number of likely N-dealkylation sites (tertiary alicyclic amines) is 1. The van der Waals surface area contributed by atoms with Gasteiger partial charge in [0.15, 0.2) is 5.82 Å². The molecule has 2 aromatic rings. The topological polar surface area (TPSA) is 141 Å². The lowest BCUT2D eigenvalue weighted by atomic mass is 9.82. The maximum Gasteiger partial charge on any atom is 0.407 e. The number of hydrogen-bond donors (Lipinski definition) is 3. The first-order valence-electron chi connectivity index (χ1n) is 11.1. The molecule has 1 aromatic carbocycles. The van der Waals surface area contributed by atoms with Crippen LogP contribution >= 0.6 is 0 Å². The van der Waals surface area contributed by atoms with Crippen molar-refractivity contribution < 1.29 is 19.1 Å². The molecule has 1 saturated heterocycles. The van der Waals surface area contributed by atoms with Crippen molar-refractivity contribution in [2.75, 3.05) is 26.0 Å². The Bertz CT molecular complexity index is 1060. The first-order chi connectivity index (χ1) is 16.1. The largest absolute Gasteiger partial charge is 0.465 e. The predicted molar refractivity (Wildman–Crippen MR) is 124 cm³/mol. The van der Waals surface area contributed by atoms with Crippen LogP contribution in [0.1, 0.15) is 42.6 Å². The van der Waals surface area contributed by atoms with Crippen molar-refractivity contribution in [3.8, 4) is 6.07 Å². The van der Waals surface area contributed by atoms with Crippen LogP contribution in [0.3, 0.4) is 0 Å². The minimum atomic E-state index is -0.963. The van der Waals surface area contributed by atoms with Crippen LogP contribution in [0.4, 0.5) is 20.7 Å². The lowest BCUT2D eigenvalue weighted by Crippen LogP contribution is -2.55. The normalized spacial score (nSPS) is 19.9. The Balaban J connectivity index is 1.92. The molecule has 2 heterocycles. The average Bonchev–Trinajstić information content (AvgIpc) is 3.21. The second-order valence-electron chi connectivity index (χ2n) is 8.83. The fourth-order valence-electron chi connectivity index (χ4n) is 4.49. The highest BCUT2D eigenvalue weighted by Gasteiger charge is 2.39. The van der Waals surface area contributed by atoms with Crippen molar-refractivity contribution in [3.63, 3.8) is 0 Å². The summed E-state index contributed by atoms with van der Waals surface area (Å²) >= 11 is 0. The van der Waals surface area contributed by atoms with Gasteiger partial charge in [0.2, 0.25) is 0 Å². The summed E-state index contributed by atoms with van der Waals surface area (Å²) in [5.74, 6) is -0.911. The summed E-state index contributed by atoms with van der Waals surface area (Å²) in [5.41, 5.74) is 6.25. The number of primary amides is 1. The molecule has 3 rings (SSSR count). The Morgan fingerprint density at radius 2 is 2.06 bits per heavy atom. The minimum Gasteiger partial charge on any atom is -0.465 e. The number of nitrogens with zero attached hydrogens (tertiary/aromatic N) is 5. The number of nitrogens with two attached hydrogens (primary N) is 1.